The number of nitrogens with one attached hydrogen (secondary N) is 1. The molecule has 4 nitrogen and oxygen atoms in total. The lowest BCUT2D eigenvalue weighted by Crippen LogP contribution is -2.15. The minimum absolute atomic E-state index is 0.141. The van der Waals surface area contributed by atoms with Crippen LogP contribution in [0.4, 0.5) is 14.5 Å². The number of hydrogen-bond donors (Lipinski definition) is 2. The number of pyridine rings is 1. The molecule has 1 aromatic carbocycles. The van der Waals surface area contributed by atoms with Gasteiger partial charge in [-0.25, -0.2) is 13.8 Å². The maximum atomic E-state index is 13.3. The van der Waals surface area contributed by atoms with Gasteiger partial charge in [-0.05, 0) is 18.2 Å². The summed E-state index contributed by atoms with van der Waals surface area (Å²) in [6.45, 7) is 0. The molecule has 0 spiro atoms. The van der Waals surface area contributed by atoms with E-state index in [1.54, 1.807) is 0 Å². The van der Waals surface area contributed by atoms with Crippen LogP contribution >= 0.6 is 0 Å². The van der Waals surface area contributed by atoms with E-state index < -0.39 is 23.2 Å². The quantitative estimate of drug-likeness (QED) is 0.859. The molecule has 92 valence electrons. The first kappa shape index (κ1) is 12.0. The Hall–Kier alpha value is -2.50. The van der Waals surface area contributed by atoms with Crippen LogP contribution < -0.4 is 5.32 Å². The molecular formula is C12H8F2N2O2. The van der Waals surface area contributed by atoms with Crippen LogP contribution in [0.3, 0.4) is 0 Å². The number of nitrogens with zero attached hydrogens (tertiary/aromatic N) is 1. The third-order valence-electron chi connectivity index (χ3n) is 2.17. The van der Waals surface area contributed by atoms with Gasteiger partial charge >= 0.3 is 0 Å². The lowest BCUT2D eigenvalue weighted by Gasteiger charge is -2.06. The molecule has 1 amide bonds. The molecule has 2 rings (SSSR count). The number of amides is 1. The Bertz CT molecular complexity index is 582. The largest absolute Gasteiger partial charge is 0.493 e. The molecule has 0 aliphatic rings. The highest BCUT2D eigenvalue weighted by molar-refractivity contribution is 6.03. The van der Waals surface area contributed by atoms with Crippen molar-refractivity contribution >= 4 is 11.6 Å². The Morgan fingerprint density at radius 3 is 2.33 bits per heavy atom. The molecule has 0 aliphatic heterocycles. The van der Waals surface area contributed by atoms with E-state index in [0.717, 1.165) is 12.1 Å². The topological polar surface area (TPSA) is 62.2 Å². The molecule has 0 unspecified atom stereocenters. The van der Waals surface area contributed by atoms with Gasteiger partial charge < -0.3 is 10.4 Å². The summed E-state index contributed by atoms with van der Waals surface area (Å²) >= 11 is 0. The number of halogens is 2. The van der Waals surface area contributed by atoms with Crippen LogP contribution in [-0.4, -0.2) is 16.0 Å². The first-order chi connectivity index (χ1) is 8.58. The van der Waals surface area contributed by atoms with Crippen LogP contribution in [0, 0.1) is 11.6 Å². The van der Waals surface area contributed by atoms with Crippen molar-refractivity contribution < 1.29 is 18.7 Å². The van der Waals surface area contributed by atoms with Crippen molar-refractivity contribution in [1.29, 1.82) is 0 Å². The van der Waals surface area contributed by atoms with Gasteiger partial charge in [-0.15, -0.1) is 0 Å². The summed E-state index contributed by atoms with van der Waals surface area (Å²) in [5.74, 6) is -2.93. The zero-order valence-corrected chi connectivity index (χ0v) is 9.02. The first-order valence-electron chi connectivity index (χ1n) is 4.99. The van der Waals surface area contributed by atoms with Gasteiger partial charge in [0.2, 0.25) is 5.88 Å². The zero-order chi connectivity index (χ0) is 13.1. The summed E-state index contributed by atoms with van der Waals surface area (Å²) in [6, 6.07) is 7.22. The highest BCUT2D eigenvalue weighted by Crippen LogP contribution is 2.18. The predicted octanol–water partition coefficient (Wildman–Crippen LogP) is 2.32. The summed E-state index contributed by atoms with van der Waals surface area (Å²) < 4.78 is 26.6. The number of anilines is 1. The molecule has 6 heteroatoms. The fourth-order valence-electron chi connectivity index (χ4n) is 1.34. The van der Waals surface area contributed by atoms with Gasteiger partial charge in [-0.1, -0.05) is 12.1 Å². The summed E-state index contributed by atoms with van der Waals surface area (Å²) in [4.78, 5) is 15.2. The normalized spacial score (nSPS) is 10.1. The fourth-order valence-corrected chi connectivity index (χ4v) is 1.34. The van der Waals surface area contributed by atoms with Crippen LogP contribution in [0.15, 0.2) is 36.4 Å². The molecule has 0 saturated carbocycles. The second-order valence-corrected chi connectivity index (χ2v) is 3.43. The summed E-state index contributed by atoms with van der Waals surface area (Å²) in [7, 11) is 0. The van der Waals surface area contributed by atoms with Crippen LogP contribution in [0.25, 0.3) is 0 Å². The maximum Gasteiger partial charge on any atom is 0.274 e. The molecule has 0 saturated heterocycles. The van der Waals surface area contributed by atoms with E-state index in [2.05, 4.69) is 10.3 Å². The number of benzene rings is 1. The number of rotatable bonds is 2. The van der Waals surface area contributed by atoms with Crippen molar-refractivity contribution in [2.45, 2.75) is 0 Å². The van der Waals surface area contributed by atoms with E-state index in [4.69, 9.17) is 5.11 Å². The third-order valence-corrected chi connectivity index (χ3v) is 2.17. The highest BCUT2D eigenvalue weighted by atomic mass is 19.1. The van der Waals surface area contributed by atoms with E-state index in [-0.39, 0.29) is 11.6 Å². The van der Waals surface area contributed by atoms with Crippen molar-refractivity contribution in [2.24, 2.45) is 0 Å². The van der Waals surface area contributed by atoms with E-state index in [1.165, 1.54) is 24.3 Å². The lowest BCUT2D eigenvalue weighted by molar-refractivity contribution is 0.102. The minimum Gasteiger partial charge on any atom is -0.493 e. The smallest absolute Gasteiger partial charge is 0.274 e. The zero-order valence-electron chi connectivity index (χ0n) is 9.02. The van der Waals surface area contributed by atoms with Crippen molar-refractivity contribution in [1.82, 2.24) is 4.98 Å². The van der Waals surface area contributed by atoms with Crippen molar-refractivity contribution in [3.8, 4) is 5.88 Å². The summed E-state index contributed by atoms with van der Waals surface area (Å²) in [5, 5.41) is 11.2. The molecule has 0 fully saturated rings. The van der Waals surface area contributed by atoms with Crippen LogP contribution in [0.5, 0.6) is 5.88 Å². The Morgan fingerprint density at radius 1 is 1.11 bits per heavy atom. The number of hydrogen-bond acceptors (Lipinski definition) is 3. The van der Waals surface area contributed by atoms with Crippen LogP contribution in [-0.2, 0) is 0 Å². The van der Waals surface area contributed by atoms with Gasteiger partial charge in [0, 0.05) is 6.07 Å². The molecule has 0 radical (unpaired) electrons. The molecule has 2 aromatic rings. The lowest BCUT2D eigenvalue weighted by atomic mass is 10.2. The molecule has 0 atom stereocenters. The summed E-state index contributed by atoms with van der Waals surface area (Å²) in [5.41, 5.74) is -0.690. The Kier molecular flexibility index (Phi) is 3.18. The van der Waals surface area contributed by atoms with E-state index in [9.17, 15) is 13.6 Å². The Balaban J connectivity index is 2.27. The Morgan fingerprint density at radius 2 is 1.72 bits per heavy atom. The van der Waals surface area contributed by atoms with Crippen LogP contribution in [0.1, 0.15) is 10.5 Å². The maximum absolute atomic E-state index is 13.3. The highest BCUT2D eigenvalue weighted by Gasteiger charge is 2.14. The predicted molar refractivity (Wildman–Crippen MR) is 60.2 cm³/mol. The minimum atomic E-state index is -0.886. The van der Waals surface area contributed by atoms with Gasteiger partial charge in [-0.2, -0.15) is 0 Å². The third kappa shape index (κ3) is 2.42. The Labute approximate surface area is 101 Å². The number of para-hydroxylation sites is 1. The average molecular weight is 250 g/mol. The number of carbonyl (C=O) groups excluding carboxylic acids is 1. The van der Waals surface area contributed by atoms with Gasteiger partial charge in [0.05, 0.1) is 0 Å². The number of carbonyl (C=O) groups is 1. The molecule has 18 heavy (non-hydrogen) atoms. The number of aromatic nitrogens is 1. The van der Waals surface area contributed by atoms with Gasteiger partial charge in [0.25, 0.3) is 5.91 Å². The molecule has 1 aromatic heterocycles. The van der Waals surface area contributed by atoms with Gasteiger partial charge in [0.1, 0.15) is 23.0 Å². The number of aromatic hydroxyl groups is 1. The van der Waals surface area contributed by atoms with E-state index in [0.29, 0.717) is 0 Å². The molecule has 0 aliphatic carbocycles. The second-order valence-electron chi connectivity index (χ2n) is 3.43. The fraction of sp³-hybridized carbons (Fsp3) is 0. The van der Waals surface area contributed by atoms with Crippen molar-refractivity contribution in [2.75, 3.05) is 5.32 Å². The average Bonchev–Trinajstić information content (AvgIpc) is 2.34. The van der Waals surface area contributed by atoms with E-state index >= 15 is 0 Å². The molecule has 1 heterocycles. The standard InChI is InChI=1S/C12H8F2N2O2/c13-7-3-1-4-8(14)11(7)16-12(18)9-5-2-6-10(17)15-9/h1-6H,(H,15,17)(H,16,18). The van der Waals surface area contributed by atoms with Gasteiger partial charge in [-0.3, -0.25) is 4.79 Å². The first-order valence-corrected chi connectivity index (χ1v) is 4.99. The van der Waals surface area contributed by atoms with Crippen molar-refractivity contribution in [3.05, 3.63) is 53.7 Å². The molecular weight excluding hydrogens is 242 g/mol. The summed E-state index contributed by atoms with van der Waals surface area (Å²) in [6.07, 6.45) is 0. The molecule has 0 bridgehead atoms. The second kappa shape index (κ2) is 4.79. The van der Waals surface area contributed by atoms with Crippen molar-refractivity contribution in [3.63, 3.8) is 0 Å². The van der Waals surface area contributed by atoms with Crippen LogP contribution in [0.2, 0.25) is 0 Å². The SMILES string of the molecule is O=C(Nc1c(F)cccc1F)c1cccc(O)n1. The monoisotopic (exact) mass is 250 g/mol. The van der Waals surface area contributed by atoms with Gasteiger partial charge in [0.15, 0.2) is 0 Å². The molecule has 2 N–H and O–H groups in total. The van der Waals surface area contributed by atoms with E-state index in [1.807, 2.05) is 0 Å².